The first-order valence-corrected chi connectivity index (χ1v) is 3.72. The van der Waals surface area contributed by atoms with Gasteiger partial charge in [-0.1, -0.05) is 13.8 Å². The maximum absolute atomic E-state index is 8.27. The van der Waals surface area contributed by atoms with E-state index in [0.29, 0.717) is 11.7 Å². The first kappa shape index (κ1) is 8.47. The highest BCUT2D eigenvalue weighted by Gasteiger charge is 2.00. The molecule has 0 aromatic carbocycles. The Balaban J connectivity index is 2.80. The molecule has 0 saturated carbocycles. The Labute approximate surface area is 71.2 Å². The number of aromatic nitrogens is 2. The molecule has 1 heterocycles. The van der Waals surface area contributed by atoms with E-state index in [1.54, 1.807) is 12.3 Å². The predicted octanol–water partition coefficient (Wildman–Crippen LogP) is 1.49. The van der Waals surface area contributed by atoms with Gasteiger partial charge in [0, 0.05) is 0 Å². The number of rotatable bonds is 2. The van der Waals surface area contributed by atoms with Gasteiger partial charge in [-0.2, -0.15) is 10.4 Å². The molecule has 4 heteroatoms. The van der Waals surface area contributed by atoms with Crippen LogP contribution < -0.4 is 5.32 Å². The fourth-order valence-electron chi connectivity index (χ4n) is 0.774. The summed E-state index contributed by atoms with van der Waals surface area (Å²) in [5, 5.41) is 18.4. The number of anilines is 1. The van der Waals surface area contributed by atoms with Crippen molar-refractivity contribution in [2.24, 2.45) is 0 Å². The van der Waals surface area contributed by atoms with E-state index in [1.165, 1.54) is 0 Å². The zero-order valence-electron chi connectivity index (χ0n) is 7.07. The zero-order chi connectivity index (χ0) is 8.97. The van der Waals surface area contributed by atoms with Crippen LogP contribution in [0, 0.1) is 11.5 Å². The van der Waals surface area contributed by atoms with Crippen molar-refractivity contribution >= 4 is 5.82 Å². The molecule has 1 rings (SSSR count). The Morgan fingerprint density at radius 2 is 2.17 bits per heavy atom. The van der Waals surface area contributed by atoms with Crippen LogP contribution >= 0.6 is 0 Å². The second-order valence-corrected chi connectivity index (χ2v) is 2.73. The van der Waals surface area contributed by atoms with Crippen LogP contribution in [0.5, 0.6) is 0 Å². The van der Waals surface area contributed by atoms with Crippen LogP contribution in [0.25, 0.3) is 0 Å². The highest BCUT2D eigenvalue weighted by molar-refractivity contribution is 5.37. The number of nitrogens with zero attached hydrogens (tertiary/aromatic N) is 3. The molecule has 4 nitrogen and oxygen atoms in total. The maximum atomic E-state index is 8.27. The average molecular weight is 162 g/mol. The summed E-state index contributed by atoms with van der Waals surface area (Å²) >= 11 is 0. The molecule has 0 aliphatic rings. The highest BCUT2D eigenvalue weighted by Crippen LogP contribution is 2.10. The van der Waals surface area contributed by atoms with Gasteiger partial charge in [0.1, 0.15) is 0 Å². The smallest absolute Gasteiger partial charge is 0.182 e. The predicted molar refractivity (Wildman–Crippen MR) is 45.4 cm³/mol. The van der Waals surface area contributed by atoms with Gasteiger partial charge in [-0.15, -0.1) is 5.10 Å². The highest BCUT2D eigenvalue weighted by atomic mass is 15.2. The molecule has 0 aliphatic carbocycles. The van der Waals surface area contributed by atoms with Gasteiger partial charge in [0.15, 0.2) is 12.0 Å². The molecule has 0 bridgehead atoms. The van der Waals surface area contributed by atoms with Gasteiger partial charge in [-0.05, 0) is 18.1 Å². The van der Waals surface area contributed by atoms with Crippen molar-refractivity contribution in [2.45, 2.75) is 19.8 Å². The van der Waals surface area contributed by atoms with E-state index in [2.05, 4.69) is 15.5 Å². The van der Waals surface area contributed by atoms with Gasteiger partial charge in [0.25, 0.3) is 0 Å². The molecule has 1 aromatic rings. The molecule has 0 radical (unpaired) electrons. The Morgan fingerprint density at radius 3 is 2.58 bits per heavy atom. The molecule has 0 saturated heterocycles. The summed E-state index contributed by atoms with van der Waals surface area (Å²) in [6.07, 6.45) is 1.78. The van der Waals surface area contributed by atoms with E-state index in [1.807, 2.05) is 19.9 Å². The second kappa shape index (κ2) is 3.67. The zero-order valence-corrected chi connectivity index (χ0v) is 7.07. The third-order valence-electron chi connectivity index (χ3n) is 1.46. The van der Waals surface area contributed by atoms with Crippen molar-refractivity contribution in [2.75, 3.05) is 5.32 Å². The monoisotopic (exact) mass is 162 g/mol. The van der Waals surface area contributed by atoms with Gasteiger partial charge in [0.05, 0.1) is 5.69 Å². The van der Waals surface area contributed by atoms with E-state index in [0.717, 1.165) is 5.69 Å². The van der Waals surface area contributed by atoms with Crippen molar-refractivity contribution in [3.8, 4) is 6.19 Å². The number of hydrogen-bond acceptors (Lipinski definition) is 4. The van der Waals surface area contributed by atoms with Crippen LogP contribution in [-0.2, 0) is 0 Å². The van der Waals surface area contributed by atoms with E-state index < -0.39 is 0 Å². The van der Waals surface area contributed by atoms with Gasteiger partial charge >= 0.3 is 0 Å². The summed E-state index contributed by atoms with van der Waals surface area (Å²) in [5.41, 5.74) is 0.929. The van der Waals surface area contributed by atoms with Gasteiger partial charge in [0.2, 0.25) is 0 Å². The van der Waals surface area contributed by atoms with Crippen molar-refractivity contribution < 1.29 is 0 Å². The van der Waals surface area contributed by atoms with Crippen LogP contribution in [0.4, 0.5) is 5.82 Å². The average Bonchev–Trinajstić information content (AvgIpc) is 2.06. The van der Waals surface area contributed by atoms with E-state index in [4.69, 9.17) is 5.26 Å². The molecule has 0 fully saturated rings. The number of nitrogens with one attached hydrogen (secondary N) is 1. The molecule has 0 unspecified atom stereocenters. The fraction of sp³-hybridized carbons (Fsp3) is 0.375. The lowest BCUT2D eigenvalue weighted by Gasteiger charge is -2.02. The summed E-state index contributed by atoms with van der Waals surface area (Å²) in [6.45, 7) is 4.09. The standard InChI is InChI=1S/C8H10N4/c1-6(2)7-3-4-8(10-5-9)12-11-7/h3-4,6H,1-2H3,(H,10,12). The van der Waals surface area contributed by atoms with Gasteiger partial charge in [-0.3, -0.25) is 5.32 Å². The third-order valence-corrected chi connectivity index (χ3v) is 1.46. The van der Waals surface area contributed by atoms with Crippen molar-refractivity contribution in [3.63, 3.8) is 0 Å². The molecule has 0 atom stereocenters. The Bertz CT molecular complexity index is 283. The lowest BCUT2D eigenvalue weighted by molar-refractivity contribution is 0.787. The molecule has 0 aliphatic heterocycles. The number of hydrogen-bond donors (Lipinski definition) is 1. The SMILES string of the molecule is CC(C)c1ccc(NC#N)nn1. The summed E-state index contributed by atoms with van der Waals surface area (Å²) in [4.78, 5) is 0. The lowest BCUT2D eigenvalue weighted by Crippen LogP contribution is -1.98. The van der Waals surface area contributed by atoms with Crippen LogP contribution in [0.15, 0.2) is 12.1 Å². The molecular weight excluding hydrogens is 152 g/mol. The Hall–Kier alpha value is -1.63. The largest absolute Gasteiger partial charge is 0.275 e. The first-order valence-electron chi connectivity index (χ1n) is 3.72. The van der Waals surface area contributed by atoms with Crippen LogP contribution in [0.3, 0.4) is 0 Å². The van der Waals surface area contributed by atoms with Gasteiger partial charge in [-0.25, -0.2) is 0 Å². The Morgan fingerprint density at radius 1 is 1.42 bits per heavy atom. The summed E-state index contributed by atoms with van der Waals surface area (Å²) < 4.78 is 0. The van der Waals surface area contributed by atoms with E-state index in [9.17, 15) is 0 Å². The van der Waals surface area contributed by atoms with Gasteiger partial charge < -0.3 is 0 Å². The second-order valence-electron chi connectivity index (χ2n) is 2.73. The summed E-state index contributed by atoms with van der Waals surface area (Å²) in [7, 11) is 0. The van der Waals surface area contributed by atoms with Crippen LogP contribution in [-0.4, -0.2) is 10.2 Å². The topological polar surface area (TPSA) is 61.6 Å². The van der Waals surface area contributed by atoms with Crippen molar-refractivity contribution in [1.29, 1.82) is 5.26 Å². The van der Waals surface area contributed by atoms with Crippen molar-refractivity contribution in [3.05, 3.63) is 17.8 Å². The normalized spacial score (nSPS) is 9.50. The summed E-state index contributed by atoms with van der Waals surface area (Å²) in [5.74, 6) is 0.857. The fourth-order valence-corrected chi connectivity index (χ4v) is 0.774. The quantitative estimate of drug-likeness (QED) is 0.528. The minimum Gasteiger partial charge on any atom is -0.275 e. The van der Waals surface area contributed by atoms with Crippen LogP contribution in [0.2, 0.25) is 0 Å². The first-order chi connectivity index (χ1) is 5.74. The van der Waals surface area contributed by atoms with Crippen molar-refractivity contribution in [1.82, 2.24) is 10.2 Å². The molecular formula is C8H10N4. The van der Waals surface area contributed by atoms with E-state index >= 15 is 0 Å². The molecule has 12 heavy (non-hydrogen) atoms. The molecule has 1 N–H and O–H groups in total. The minimum absolute atomic E-state index is 0.369. The third kappa shape index (κ3) is 1.92. The molecule has 62 valence electrons. The summed E-state index contributed by atoms with van der Waals surface area (Å²) in [6, 6.07) is 3.60. The Kier molecular flexibility index (Phi) is 2.59. The van der Waals surface area contributed by atoms with E-state index in [-0.39, 0.29) is 0 Å². The maximum Gasteiger partial charge on any atom is 0.182 e. The molecule has 0 amide bonds. The minimum atomic E-state index is 0.369. The van der Waals surface area contributed by atoms with Crippen LogP contribution in [0.1, 0.15) is 25.5 Å². The molecule has 0 spiro atoms. The molecule has 1 aromatic heterocycles. The lowest BCUT2D eigenvalue weighted by atomic mass is 10.1. The number of nitriles is 1.